The maximum atomic E-state index is 11.0. The number of ether oxygens (including phenoxy) is 1. The lowest BCUT2D eigenvalue weighted by Gasteiger charge is -2.16. The van der Waals surface area contributed by atoms with E-state index in [9.17, 15) is 4.79 Å². The van der Waals surface area contributed by atoms with Crippen LogP contribution in [0.1, 0.15) is 20.3 Å². The fraction of sp³-hybridized carbons (Fsp3) is 0.545. The van der Waals surface area contributed by atoms with Crippen molar-refractivity contribution in [3.8, 4) is 5.88 Å². The zero-order valence-electron chi connectivity index (χ0n) is 10.2. The Morgan fingerprint density at radius 3 is 2.82 bits per heavy atom. The van der Waals surface area contributed by atoms with Crippen LogP contribution in [-0.4, -0.2) is 34.2 Å². The Bertz CT molecular complexity index is 382. The minimum absolute atomic E-state index is 0.261. The van der Waals surface area contributed by atoms with Crippen LogP contribution in [0.4, 0.5) is 5.95 Å². The van der Waals surface area contributed by atoms with Gasteiger partial charge >= 0.3 is 5.97 Å². The predicted octanol–water partition coefficient (Wildman–Crippen LogP) is 1.40. The fourth-order valence-electron chi connectivity index (χ4n) is 1.37. The standard InChI is InChI=1S/C11H17N3O3/c1-7(2)6-8(10(15)16)13-11-12-5-4-9(14-11)17-3/h4-5,7-8H,6H2,1-3H3,(H,15,16)(H,12,13,14). The summed E-state index contributed by atoms with van der Waals surface area (Å²) < 4.78 is 4.94. The SMILES string of the molecule is COc1ccnc(NC(CC(C)C)C(=O)O)n1. The van der Waals surface area contributed by atoms with Gasteiger partial charge in [-0.1, -0.05) is 13.8 Å². The van der Waals surface area contributed by atoms with Crippen LogP contribution in [0.3, 0.4) is 0 Å². The van der Waals surface area contributed by atoms with E-state index >= 15 is 0 Å². The second kappa shape index (κ2) is 6.03. The van der Waals surface area contributed by atoms with E-state index in [1.807, 2.05) is 13.8 Å². The quantitative estimate of drug-likeness (QED) is 0.780. The monoisotopic (exact) mass is 239 g/mol. The second-order valence-electron chi connectivity index (χ2n) is 4.09. The molecule has 17 heavy (non-hydrogen) atoms. The number of rotatable bonds is 6. The third-order valence-corrected chi connectivity index (χ3v) is 2.15. The zero-order chi connectivity index (χ0) is 12.8. The van der Waals surface area contributed by atoms with Gasteiger partial charge in [-0.25, -0.2) is 9.78 Å². The Balaban J connectivity index is 2.74. The number of hydrogen-bond donors (Lipinski definition) is 2. The first kappa shape index (κ1) is 13.2. The summed E-state index contributed by atoms with van der Waals surface area (Å²) >= 11 is 0. The third kappa shape index (κ3) is 4.26. The van der Waals surface area contributed by atoms with Crippen LogP contribution in [-0.2, 0) is 4.79 Å². The molecule has 0 radical (unpaired) electrons. The number of carboxylic acid groups (broad SMARTS) is 1. The van der Waals surface area contributed by atoms with Gasteiger partial charge in [0.2, 0.25) is 11.8 Å². The van der Waals surface area contributed by atoms with Crippen molar-refractivity contribution in [3.63, 3.8) is 0 Å². The van der Waals surface area contributed by atoms with E-state index in [4.69, 9.17) is 9.84 Å². The molecule has 0 fully saturated rings. The van der Waals surface area contributed by atoms with Crippen molar-refractivity contribution in [2.24, 2.45) is 5.92 Å². The summed E-state index contributed by atoms with van der Waals surface area (Å²) in [6, 6.07) is 0.908. The van der Waals surface area contributed by atoms with Gasteiger partial charge in [-0.05, 0) is 12.3 Å². The Morgan fingerprint density at radius 2 is 2.29 bits per heavy atom. The summed E-state index contributed by atoms with van der Waals surface area (Å²) in [4.78, 5) is 19.0. The zero-order valence-corrected chi connectivity index (χ0v) is 10.2. The maximum Gasteiger partial charge on any atom is 0.326 e. The smallest absolute Gasteiger partial charge is 0.326 e. The van der Waals surface area contributed by atoms with Crippen molar-refractivity contribution in [3.05, 3.63) is 12.3 Å². The Morgan fingerprint density at radius 1 is 1.59 bits per heavy atom. The van der Waals surface area contributed by atoms with E-state index in [1.54, 1.807) is 6.07 Å². The molecule has 1 heterocycles. The lowest BCUT2D eigenvalue weighted by Crippen LogP contribution is -2.31. The molecule has 2 N–H and O–H groups in total. The molecule has 0 saturated carbocycles. The molecule has 0 aliphatic heterocycles. The summed E-state index contributed by atoms with van der Waals surface area (Å²) in [7, 11) is 1.49. The highest BCUT2D eigenvalue weighted by molar-refractivity contribution is 5.76. The van der Waals surface area contributed by atoms with Crippen LogP contribution in [0, 0.1) is 5.92 Å². The molecule has 0 amide bonds. The summed E-state index contributed by atoms with van der Waals surface area (Å²) in [5, 5.41) is 11.8. The van der Waals surface area contributed by atoms with Crippen molar-refractivity contribution in [2.75, 3.05) is 12.4 Å². The molecule has 0 bridgehead atoms. The number of nitrogens with one attached hydrogen (secondary N) is 1. The normalized spacial score (nSPS) is 12.2. The number of anilines is 1. The van der Waals surface area contributed by atoms with Gasteiger partial charge in [0.25, 0.3) is 0 Å². The minimum atomic E-state index is -0.912. The molecule has 1 atom stereocenters. The topological polar surface area (TPSA) is 84.3 Å². The average molecular weight is 239 g/mol. The van der Waals surface area contributed by atoms with Crippen molar-refractivity contribution in [2.45, 2.75) is 26.3 Å². The van der Waals surface area contributed by atoms with E-state index in [1.165, 1.54) is 13.3 Å². The van der Waals surface area contributed by atoms with Crippen LogP contribution in [0.5, 0.6) is 5.88 Å². The lowest BCUT2D eigenvalue weighted by molar-refractivity contribution is -0.138. The van der Waals surface area contributed by atoms with Crippen LogP contribution >= 0.6 is 0 Å². The molecule has 0 aliphatic carbocycles. The first-order chi connectivity index (χ1) is 8.02. The molecule has 0 aromatic carbocycles. The van der Waals surface area contributed by atoms with Gasteiger partial charge in [0.15, 0.2) is 0 Å². The molecule has 94 valence electrons. The number of carboxylic acids is 1. The van der Waals surface area contributed by atoms with Gasteiger partial charge in [0.05, 0.1) is 7.11 Å². The number of aliphatic carboxylic acids is 1. The van der Waals surface area contributed by atoms with Crippen LogP contribution in [0.15, 0.2) is 12.3 Å². The predicted molar refractivity (Wildman–Crippen MR) is 63.1 cm³/mol. The molecule has 6 heteroatoms. The van der Waals surface area contributed by atoms with Gasteiger partial charge in [0.1, 0.15) is 6.04 Å². The van der Waals surface area contributed by atoms with Gasteiger partial charge in [0, 0.05) is 12.3 Å². The van der Waals surface area contributed by atoms with Crippen LogP contribution < -0.4 is 10.1 Å². The Kier molecular flexibility index (Phi) is 4.68. The van der Waals surface area contributed by atoms with Crippen molar-refractivity contribution >= 4 is 11.9 Å². The highest BCUT2D eigenvalue weighted by atomic mass is 16.5. The van der Waals surface area contributed by atoms with Gasteiger partial charge in [-0.3, -0.25) is 0 Å². The molecule has 1 aromatic heterocycles. The molecule has 1 unspecified atom stereocenters. The first-order valence-electron chi connectivity index (χ1n) is 5.39. The number of hydrogen-bond acceptors (Lipinski definition) is 5. The van der Waals surface area contributed by atoms with E-state index in [2.05, 4.69) is 15.3 Å². The molecule has 0 spiro atoms. The van der Waals surface area contributed by atoms with Crippen molar-refractivity contribution in [1.29, 1.82) is 0 Å². The second-order valence-corrected chi connectivity index (χ2v) is 4.09. The molecule has 1 aromatic rings. The summed E-state index contributed by atoms with van der Waals surface area (Å²) in [6.45, 7) is 3.92. The average Bonchev–Trinajstić information content (AvgIpc) is 2.27. The summed E-state index contributed by atoms with van der Waals surface area (Å²) in [5.41, 5.74) is 0. The highest BCUT2D eigenvalue weighted by Gasteiger charge is 2.19. The molecule has 6 nitrogen and oxygen atoms in total. The number of nitrogens with zero attached hydrogens (tertiary/aromatic N) is 2. The molecular weight excluding hydrogens is 222 g/mol. The number of methoxy groups -OCH3 is 1. The minimum Gasteiger partial charge on any atom is -0.481 e. The van der Waals surface area contributed by atoms with Gasteiger partial charge < -0.3 is 15.2 Å². The number of carbonyl (C=O) groups is 1. The summed E-state index contributed by atoms with van der Waals surface area (Å²) in [5.74, 6) is 0.0212. The molecule has 0 saturated heterocycles. The van der Waals surface area contributed by atoms with Crippen molar-refractivity contribution < 1.29 is 14.6 Å². The molecule has 0 aliphatic rings. The Hall–Kier alpha value is -1.85. The molecule has 1 rings (SSSR count). The third-order valence-electron chi connectivity index (χ3n) is 2.15. The lowest BCUT2D eigenvalue weighted by atomic mass is 10.0. The van der Waals surface area contributed by atoms with E-state index in [-0.39, 0.29) is 11.9 Å². The summed E-state index contributed by atoms with van der Waals surface area (Å²) in [6.07, 6.45) is 2.03. The Labute approximate surface area is 100 Å². The van der Waals surface area contributed by atoms with E-state index in [0.717, 1.165) is 0 Å². The van der Waals surface area contributed by atoms with E-state index < -0.39 is 12.0 Å². The van der Waals surface area contributed by atoms with Crippen LogP contribution in [0.2, 0.25) is 0 Å². The first-order valence-corrected chi connectivity index (χ1v) is 5.39. The molecular formula is C11H17N3O3. The maximum absolute atomic E-state index is 11.0. The fourth-order valence-corrected chi connectivity index (χ4v) is 1.37. The van der Waals surface area contributed by atoms with Crippen LogP contribution in [0.25, 0.3) is 0 Å². The number of aromatic nitrogens is 2. The van der Waals surface area contributed by atoms with Gasteiger partial charge in [-0.15, -0.1) is 0 Å². The highest BCUT2D eigenvalue weighted by Crippen LogP contribution is 2.12. The van der Waals surface area contributed by atoms with Gasteiger partial charge in [-0.2, -0.15) is 4.98 Å². The van der Waals surface area contributed by atoms with E-state index in [0.29, 0.717) is 12.3 Å². The van der Waals surface area contributed by atoms with Crippen molar-refractivity contribution in [1.82, 2.24) is 9.97 Å². The largest absolute Gasteiger partial charge is 0.481 e.